The lowest BCUT2D eigenvalue weighted by molar-refractivity contribution is -0.141. The molecule has 4 rings (SSSR count). The van der Waals surface area contributed by atoms with Gasteiger partial charge >= 0.3 is 5.97 Å². The molecule has 0 unspecified atom stereocenters. The van der Waals surface area contributed by atoms with Crippen molar-refractivity contribution >= 4 is 34.4 Å². The molecule has 35 heavy (non-hydrogen) atoms. The molecule has 2 aromatic carbocycles. The smallest absolute Gasteiger partial charge is 0.310 e. The Balaban J connectivity index is 1.59. The summed E-state index contributed by atoms with van der Waals surface area (Å²) >= 11 is 6.00. The second kappa shape index (κ2) is 10.5. The molecule has 6 heteroatoms. The summed E-state index contributed by atoms with van der Waals surface area (Å²) < 4.78 is 12.7. The van der Waals surface area contributed by atoms with E-state index in [1.54, 1.807) is 35.9 Å². The Bertz CT molecular complexity index is 1320. The highest BCUT2D eigenvalue weighted by Gasteiger charge is 2.23. The zero-order chi connectivity index (χ0) is 25.1. The van der Waals surface area contributed by atoms with E-state index in [0.717, 1.165) is 35.8 Å². The van der Waals surface area contributed by atoms with Gasteiger partial charge in [0.15, 0.2) is 0 Å². The number of carbonyl (C=O) groups excluding carboxylic acids is 2. The third-order valence-corrected chi connectivity index (χ3v) is 7.03. The van der Waals surface area contributed by atoms with Crippen LogP contribution in [0.1, 0.15) is 47.8 Å². The predicted molar refractivity (Wildman–Crippen MR) is 139 cm³/mol. The van der Waals surface area contributed by atoms with E-state index in [2.05, 4.69) is 19.6 Å². The van der Waals surface area contributed by atoms with E-state index in [4.69, 9.17) is 21.1 Å². The number of hydrogen-bond acceptors (Lipinski definition) is 4. The fraction of sp³-hybridized carbons (Fsp3) is 0.310. The van der Waals surface area contributed by atoms with Gasteiger partial charge in [-0.2, -0.15) is 0 Å². The summed E-state index contributed by atoms with van der Waals surface area (Å²) in [6.45, 7) is 8.27. The van der Waals surface area contributed by atoms with Crippen LogP contribution < -0.4 is 4.74 Å². The number of fused-ring (bicyclic) bond motifs is 1. The summed E-state index contributed by atoms with van der Waals surface area (Å²) in [4.78, 5) is 26.3. The van der Waals surface area contributed by atoms with Gasteiger partial charge in [0.2, 0.25) is 0 Å². The second-order valence-electron chi connectivity index (χ2n) is 9.11. The van der Waals surface area contributed by atoms with Crippen LogP contribution in [-0.2, 0) is 16.0 Å². The van der Waals surface area contributed by atoms with Crippen molar-refractivity contribution < 1.29 is 19.1 Å². The predicted octanol–water partition coefficient (Wildman–Crippen LogP) is 6.69. The molecule has 1 atom stereocenters. The lowest BCUT2D eigenvalue weighted by Crippen LogP contribution is -2.16. The van der Waals surface area contributed by atoms with Crippen LogP contribution in [0.5, 0.6) is 5.75 Å². The van der Waals surface area contributed by atoms with Gasteiger partial charge in [-0.3, -0.25) is 14.2 Å². The van der Waals surface area contributed by atoms with Crippen molar-refractivity contribution in [3.8, 4) is 5.75 Å². The molecular weight excluding hydrogens is 462 g/mol. The number of allylic oxidation sites excluding steroid dienone is 2. The molecule has 0 saturated heterocycles. The molecule has 182 valence electrons. The van der Waals surface area contributed by atoms with Gasteiger partial charge in [-0.1, -0.05) is 29.8 Å². The Morgan fingerprint density at radius 1 is 1.17 bits per heavy atom. The van der Waals surface area contributed by atoms with Gasteiger partial charge < -0.3 is 9.47 Å². The van der Waals surface area contributed by atoms with Crippen LogP contribution in [0.2, 0.25) is 5.02 Å². The molecule has 0 amide bonds. The highest BCUT2D eigenvalue weighted by Crippen LogP contribution is 2.32. The number of ether oxygens (including phenoxy) is 2. The topological polar surface area (TPSA) is 57.5 Å². The number of esters is 1. The summed E-state index contributed by atoms with van der Waals surface area (Å²) in [5.41, 5.74) is 5.03. The first-order valence-corrected chi connectivity index (χ1v) is 12.1. The average molecular weight is 492 g/mol. The Kier molecular flexibility index (Phi) is 7.46. The van der Waals surface area contributed by atoms with Crippen molar-refractivity contribution in [3.63, 3.8) is 0 Å². The Hall–Kier alpha value is -3.31. The van der Waals surface area contributed by atoms with Crippen LogP contribution in [-0.4, -0.2) is 30.2 Å². The molecule has 0 fully saturated rings. The summed E-state index contributed by atoms with van der Waals surface area (Å²) in [5.74, 6) is 0.657. The van der Waals surface area contributed by atoms with Crippen molar-refractivity contribution in [2.75, 3.05) is 13.7 Å². The van der Waals surface area contributed by atoms with Crippen LogP contribution >= 0.6 is 11.6 Å². The van der Waals surface area contributed by atoms with Gasteiger partial charge in [0, 0.05) is 21.7 Å². The Labute approximate surface area is 211 Å². The molecule has 0 saturated carbocycles. The summed E-state index contributed by atoms with van der Waals surface area (Å²) in [7, 11) is 1.59. The second-order valence-corrected chi connectivity index (χ2v) is 9.55. The molecule has 0 radical (unpaired) electrons. The Morgan fingerprint density at radius 3 is 2.54 bits per heavy atom. The monoisotopic (exact) mass is 491 g/mol. The summed E-state index contributed by atoms with van der Waals surface area (Å²) in [6, 6.07) is 12.3. The van der Waals surface area contributed by atoms with E-state index in [-0.39, 0.29) is 18.3 Å². The molecule has 1 aliphatic rings. The van der Waals surface area contributed by atoms with Crippen molar-refractivity contribution in [1.82, 2.24) is 4.57 Å². The van der Waals surface area contributed by atoms with Crippen LogP contribution in [0.25, 0.3) is 10.9 Å². The number of hydrogen-bond donors (Lipinski definition) is 0. The first-order chi connectivity index (χ1) is 16.8. The zero-order valence-corrected chi connectivity index (χ0v) is 21.2. The maximum Gasteiger partial charge on any atom is 0.310 e. The third-order valence-electron chi connectivity index (χ3n) is 6.78. The number of nitrogens with zero attached hydrogens (tertiary/aromatic N) is 1. The summed E-state index contributed by atoms with van der Waals surface area (Å²) in [5, 5.41) is 1.36. The van der Waals surface area contributed by atoms with Crippen LogP contribution in [0, 0.1) is 12.8 Å². The SMILES string of the molecule is C=C(C)[C@H]1CC=C(COC(=O)Cc2c(C)n(C(=O)c3ccc(Cl)cc3)c3ccc(OC)cc23)CC1. The van der Waals surface area contributed by atoms with E-state index in [1.165, 1.54) is 5.57 Å². The van der Waals surface area contributed by atoms with Crippen molar-refractivity contribution in [3.05, 3.63) is 88.1 Å². The molecule has 1 heterocycles. The van der Waals surface area contributed by atoms with Gasteiger partial charge in [0.25, 0.3) is 5.91 Å². The standard InChI is InChI=1S/C29H30ClNO4/c1-18(2)21-7-5-20(6-8-21)17-35-28(32)16-25-19(3)31(27-14-13-24(34-4)15-26(25)27)29(33)22-9-11-23(30)12-10-22/h5,9-15,21H,1,6-8,16-17H2,2-4H3/t21-/m0/s1. The fourth-order valence-corrected chi connectivity index (χ4v) is 4.76. The largest absolute Gasteiger partial charge is 0.497 e. The van der Waals surface area contributed by atoms with Gasteiger partial charge in [0.05, 0.1) is 19.0 Å². The van der Waals surface area contributed by atoms with E-state index in [9.17, 15) is 9.59 Å². The molecule has 5 nitrogen and oxygen atoms in total. The van der Waals surface area contributed by atoms with E-state index in [1.807, 2.05) is 25.1 Å². The molecule has 1 aromatic heterocycles. The maximum atomic E-state index is 13.4. The van der Waals surface area contributed by atoms with Crippen LogP contribution in [0.3, 0.4) is 0 Å². The first-order valence-electron chi connectivity index (χ1n) is 11.8. The van der Waals surface area contributed by atoms with Gasteiger partial charge in [-0.25, -0.2) is 0 Å². The first kappa shape index (κ1) is 24.8. The zero-order valence-electron chi connectivity index (χ0n) is 20.4. The molecule has 3 aromatic rings. The van der Waals surface area contributed by atoms with Crippen molar-refractivity contribution in [2.24, 2.45) is 5.92 Å². The van der Waals surface area contributed by atoms with Gasteiger partial charge in [-0.05, 0) is 92.6 Å². The van der Waals surface area contributed by atoms with Crippen LogP contribution in [0.4, 0.5) is 0 Å². The minimum Gasteiger partial charge on any atom is -0.497 e. The fourth-order valence-electron chi connectivity index (χ4n) is 4.63. The van der Waals surface area contributed by atoms with Crippen molar-refractivity contribution in [1.29, 1.82) is 0 Å². The number of halogens is 1. The molecular formula is C29H30ClNO4. The van der Waals surface area contributed by atoms with Crippen LogP contribution in [0.15, 0.2) is 66.3 Å². The number of benzene rings is 2. The number of rotatable bonds is 7. The number of aromatic nitrogens is 1. The van der Waals surface area contributed by atoms with Gasteiger partial charge in [-0.15, -0.1) is 0 Å². The van der Waals surface area contributed by atoms with E-state index in [0.29, 0.717) is 40.1 Å². The molecule has 0 aliphatic heterocycles. The molecule has 0 N–H and O–H groups in total. The normalized spacial score (nSPS) is 15.5. The average Bonchev–Trinajstić information content (AvgIpc) is 3.13. The minimum atomic E-state index is -0.322. The summed E-state index contributed by atoms with van der Waals surface area (Å²) in [6.07, 6.45) is 5.14. The van der Waals surface area contributed by atoms with E-state index >= 15 is 0 Å². The number of methoxy groups -OCH3 is 1. The third kappa shape index (κ3) is 5.35. The minimum absolute atomic E-state index is 0.0675. The molecule has 1 aliphatic carbocycles. The molecule has 0 bridgehead atoms. The van der Waals surface area contributed by atoms with Crippen molar-refractivity contribution in [2.45, 2.75) is 39.5 Å². The van der Waals surface area contributed by atoms with Gasteiger partial charge in [0.1, 0.15) is 12.4 Å². The number of carbonyl (C=O) groups is 2. The quantitative estimate of drug-likeness (QED) is 0.273. The Morgan fingerprint density at radius 2 is 1.91 bits per heavy atom. The maximum absolute atomic E-state index is 13.4. The lowest BCUT2D eigenvalue weighted by Gasteiger charge is -2.22. The lowest BCUT2D eigenvalue weighted by atomic mass is 9.86. The van der Waals surface area contributed by atoms with E-state index < -0.39 is 0 Å². The highest BCUT2D eigenvalue weighted by atomic mass is 35.5. The molecule has 0 spiro atoms. The highest BCUT2D eigenvalue weighted by molar-refractivity contribution is 6.30.